The number of aryl methyl sites for hydroxylation is 1. The monoisotopic (exact) mass is 366 g/mol. The van der Waals surface area contributed by atoms with Crippen LogP contribution in [0.4, 0.5) is 20.2 Å². The van der Waals surface area contributed by atoms with Crippen LogP contribution < -0.4 is 21.5 Å². The predicted molar refractivity (Wildman–Crippen MR) is 101 cm³/mol. The van der Waals surface area contributed by atoms with Crippen molar-refractivity contribution < 1.29 is 8.78 Å². The van der Waals surface area contributed by atoms with Crippen molar-refractivity contribution >= 4 is 46.0 Å². The van der Waals surface area contributed by atoms with Crippen molar-refractivity contribution in [2.45, 2.75) is 13.3 Å². The number of nitrogens with one attached hydrogen (secondary N) is 4. The second-order valence-electron chi connectivity index (χ2n) is 4.84. The smallest absolute Gasteiger partial charge is 0.189 e. The Labute approximate surface area is 149 Å². The van der Waals surface area contributed by atoms with Gasteiger partial charge in [-0.3, -0.25) is 10.9 Å². The Balaban J connectivity index is 1.83. The fourth-order valence-electron chi connectivity index (χ4n) is 1.89. The fourth-order valence-corrected chi connectivity index (χ4v) is 2.22. The quantitative estimate of drug-likeness (QED) is 0.491. The minimum absolute atomic E-state index is 0.0604. The Kier molecular flexibility index (Phi) is 6.39. The molecule has 0 unspecified atom stereocenters. The van der Waals surface area contributed by atoms with E-state index in [4.69, 9.17) is 24.4 Å². The van der Waals surface area contributed by atoms with Gasteiger partial charge < -0.3 is 10.6 Å². The summed E-state index contributed by atoms with van der Waals surface area (Å²) in [6.07, 6.45) is 0.922. The third-order valence-electron chi connectivity index (χ3n) is 3.06. The summed E-state index contributed by atoms with van der Waals surface area (Å²) in [5.41, 5.74) is 7.40. The number of hydrazine groups is 1. The van der Waals surface area contributed by atoms with E-state index in [0.29, 0.717) is 5.11 Å². The van der Waals surface area contributed by atoms with Crippen LogP contribution in [-0.4, -0.2) is 10.2 Å². The molecule has 8 heteroatoms. The lowest BCUT2D eigenvalue weighted by atomic mass is 10.1. The topological polar surface area (TPSA) is 48.1 Å². The largest absolute Gasteiger partial charge is 0.331 e. The molecule has 0 aliphatic rings. The second-order valence-corrected chi connectivity index (χ2v) is 5.65. The summed E-state index contributed by atoms with van der Waals surface area (Å²) in [6, 6.07) is 11.0. The summed E-state index contributed by atoms with van der Waals surface area (Å²) in [5.74, 6) is -1.40. The highest BCUT2D eigenvalue weighted by Gasteiger charge is 2.06. The van der Waals surface area contributed by atoms with Crippen LogP contribution >= 0.6 is 24.4 Å². The maximum Gasteiger partial charge on any atom is 0.189 e. The minimum Gasteiger partial charge on any atom is -0.331 e. The van der Waals surface area contributed by atoms with Crippen molar-refractivity contribution in [1.82, 2.24) is 10.9 Å². The van der Waals surface area contributed by atoms with Crippen LogP contribution in [-0.2, 0) is 6.42 Å². The second kappa shape index (κ2) is 8.51. The molecular weight excluding hydrogens is 350 g/mol. The predicted octanol–water partition coefficient (Wildman–Crippen LogP) is 3.72. The van der Waals surface area contributed by atoms with Gasteiger partial charge in [-0.25, -0.2) is 8.78 Å². The maximum absolute atomic E-state index is 13.5. The number of rotatable bonds is 3. The molecule has 0 aliphatic carbocycles. The normalized spacial score (nSPS) is 9.96. The van der Waals surface area contributed by atoms with Gasteiger partial charge in [-0.2, -0.15) is 0 Å². The molecule has 4 nitrogen and oxygen atoms in total. The molecular formula is C16H16F2N4S2. The lowest BCUT2D eigenvalue weighted by molar-refractivity contribution is 0.586. The first-order chi connectivity index (χ1) is 11.5. The van der Waals surface area contributed by atoms with Crippen molar-refractivity contribution in [3.63, 3.8) is 0 Å². The highest BCUT2D eigenvalue weighted by atomic mass is 32.1. The molecule has 0 atom stereocenters. The summed E-state index contributed by atoms with van der Waals surface area (Å²) in [6.45, 7) is 2.07. The summed E-state index contributed by atoms with van der Waals surface area (Å²) in [4.78, 5) is 0. The van der Waals surface area contributed by atoms with Crippen molar-refractivity contribution in [3.8, 4) is 0 Å². The van der Waals surface area contributed by atoms with Gasteiger partial charge >= 0.3 is 0 Å². The number of thiocarbonyl (C=S) groups is 2. The molecule has 0 amide bonds. The van der Waals surface area contributed by atoms with Gasteiger partial charge in [-0.05, 0) is 60.7 Å². The van der Waals surface area contributed by atoms with E-state index >= 15 is 0 Å². The Morgan fingerprint density at radius 3 is 2.33 bits per heavy atom. The molecule has 126 valence electrons. The maximum atomic E-state index is 13.5. The van der Waals surface area contributed by atoms with Crippen LogP contribution in [0.1, 0.15) is 12.5 Å². The van der Waals surface area contributed by atoms with Crippen molar-refractivity contribution in [2.75, 3.05) is 10.6 Å². The SMILES string of the molecule is CCc1cccc(NC(=S)NNC(=S)Nc2ccc(F)cc2F)c1. The molecule has 24 heavy (non-hydrogen) atoms. The summed E-state index contributed by atoms with van der Waals surface area (Å²) in [5, 5.41) is 5.99. The zero-order valence-corrected chi connectivity index (χ0v) is 14.5. The van der Waals surface area contributed by atoms with Gasteiger partial charge in [0, 0.05) is 11.8 Å². The highest BCUT2D eigenvalue weighted by molar-refractivity contribution is 7.81. The zero-order chi connectivity index (χ0) is 17.5. The number of hydrogen-bond acceptors (Lipinski definition) is 2. The molecule has 2 aromatic rings. The number of halogens is 2. The molecule has 0 spiro atoms. The van der Waals surface area contributed by atoms with E-state index in [1.807, 2.05) is 24.3 Å². The molecule has 0 aromatic heterocycles. The lowest BCUT2D eigenvalue weighted by Crippen LogP contribution is -2.45. The highest BCUT2D eigenvalue weighted by Crippen LogP contribution is 2.14. The van der Waals surface area contributed by atoms with Crippen LogP contribution in [0.25, 0.3) is 0 Å². The van der Waals surface area contributed by atoms with E-state index in [0.717, 1.165) is 24.2 Å². The number of anilines is 2. The molecule has 0 radical (unpaired) electrons. The molecule has 0 aliphatic heterocycles. The van der Waals surface area contributed by atoms with Crippen LogP contribution in [0.15, 0.2) is 42.5 Å². The summed E-state index contributed by atoms with van der Waals surface area (Å²) < 4.78 is 26.4. The van der Waals surface area contributed by atoms with E-state index in [1.165, 1.54) is 11.6 Å². The van der Waals surface area contributed by atoms with Crippen molar-refractivity contribution in [3.05, 3.63) is 59.7 Å². The Bertz CT molecular complexity index is 753. The van der Waals surface area contributed by atoms with Crippen molar-refractivity contribution in [2.24, 2.45) is 0 Å². The van der Waals surface area contributed by atoms with E-state index in [9.17, 15) is 8.78 Å². The van der Waals surface area contributed by atoms with Gasteiger partial charge in [0.15, 0.2) is 10.2 Å². The molecule has 2 aromatic carbocycles. The molecule has 0 saturated carbocycles. The molecule has 0 fully saturated rings. The first-order valence-corrected chi connectivity index (χ1v) is 7.97. The van der Waals surface area contributed by atoms with E-state index < -0.39 is 11.6 Å². The standard InChI is InChI=1S/C16H16F2N4S2/c1-2-10-4-3-5-12(8-10)19-15(23)21-22-16(24)20-14-7-6-11(17)9-13(14)18/h3-9H,2H2,1H3,(H2,19,21,23)(H2,20,22,24). The van der Waals surface area contributed by atoms with E-state index in [2.05, 4.69) is 28.4 Å². The molecule has 0 saturated heterocycles. The average Bonchev–Trinajstić information content (AvgIpc) is 2.56. The molecule has 2 rings (SSSR count). The first-order valence-electron chi connectivity index (χ1n) is 7.16. The molecule has 0 heterocycles. The zero-order valence-electron chi connectivity index (χ0n) is 12.8. The lowest BCUT2D eigenvalue weighted by Gasteiger charge is -2.15. The van der Waals surface area contributed by atoms with Crippen molar-refractivity contribution in [1.29, 1.82) is 0 Å². The number of hydrogen-bond donors (Lipinski definition) is 4. The first kappa shape index (κ1) is 18.0. The van der Waals surface area contributed by atoms with Crippen LogP contribution in [0.3, 0.4) is 0 Å². The average molecular weight is 366 g/mol. The van der Waals surface area contributed by atoms with Crippen LogP contribution in [0, 0.1) is 11.6 Å². The van der Waals surface area contributed by atoms with Gasteiger partial charge in [0.05, 0.1) is 5.69 Å². The molecule has 0 bridgehead atoms. The van der Waals surface area contributed by atoms with Gasteiger partial charge in [0.2, 0.25) is 0 Å². The Morgan fingerprint density at radius 1 is 0.958 bits per heavy atom. The Morgan fingerprint density at radius 2 is 1.67 bits per heavy atom. The number of benzene rings is 2. The van der Waals surface area contributed by atoms with Gasteiger partial charge in [0.1, 0.15) is 11.6 Å². The van der Waals surface area contributed by atoms with E-state index in [1.54, 1.807) is 0 Å². The van der Waals surface area contributed by atoms with Gasteiger partial charge in [-0.15, -0.1) is 0 Å². The fraction of sp³-hybridized carbons (Fsp3) is 0.125. The van der Waals surface area contributed by atoms with Gasteiger partial charge in [0.25, 0.3) is 0 Å². The minimum atomic E-state index is -0.740. The summed E-state index contributed by atoms with van der Waals surface area (Å²) in [7, 11) is 0. The van der Waals surface area contributed by atoms with Crippen LogP contribution in [0.2, 0.25) is 0 Å². The third kappa shape index (κ3) is 5.39. The van der Waals surface area contributed by atoms with Gasteiger partial charge in [-0.1, -0.05) is 19.1 Å². The Hall–Kier alpha value is -2.32. The molecule has 4 N–H and O–H groups in total. The third-order valence-corrected chi connectivity index (χ3v) is 3.47. The van der Waals surface area contributed by atoms with Crippen LogP contribution in [0.5, 0.6) is 0 Å². The van der Waals surface area contributed by atoms with E-state index in [-0.39, 0.29) is 10.8 Å². The summed E-state index contributed by atoms with van der Waals surface area (Å²) >= 11 is 10.2.